The summed E-state index contributed by atoms with van der Waals surface area (Å²) >= 11 is 6.59. The second-order valence-electron chi connectivity index (χ2n) is 1.98. The monoisotopic (exact) mass is 204 g/mol. The fourth-order valence-electron chi connectivity index (χ4n) is 0.758. The van der Waals surface area contributed by atoms with Crippen molar-refractivity contribution in [3.8, 4) is 10.7 Å². The minimum Gasteiger partial charge on any atom is -0.238 e. The van der Waals surface area contributed by atoms with Crippen LogP contribution in [0.2, 0.25) is 5.02 Å². The molecule has 0 amide bonds. The van der Waals surface area contributed by atoms with E-state index in [1.807, 2.05) is 0 Å². The molecule has 0 aromatic carbocycles. The summed E-state index contributed by atoms with van der Waals surface area (Å²) in [4.78, 5) is 0.513. The normalized spacial score (nSPS) is 10.5. The molecule has 0 spiro atoms. The van der Waals surface area contributed by atoms with Crippen molar-refractivity contribution < 1.29 is 4.39 Å². The Kier molecular flexibility index (Phi) is 1.78. The van der Waals surface area contributed by atoms with Crippen molar-refractivity contribution in [2.24, 2.45) is 0 Å². The molecule has 0 saturated heterocycles. The molecule has 0 aliphatic heterocycles. The van der Waals surface area contributed by atoms with E-state index in [0.717, 1.165) is 11.3 Å². The molecule has 2 heterocycles. The highest BCUT2D eigenvalue weighted by Crippen LogP contribution is 2.32. The fourth-order valence-corrected chi connectivity index (χ4v) is 1.83. The Morgan fingerprint density at radius 2 is 2.42 bits per heavy atom. The number of hydrogen-bond donors (Lipinski definition) is 1. The second-order valence-corrected chi connectivity index (χ2v) is 3.39. The minimum atomic E-state index is -0.355. The van der Waals surface area contributed by atoms with Crippen LogP contribution in [0.5, 0.6) is 0 Å². The van der Waals surface area contributed by atoms with Crippen LogP contribution in [0.3, 0.4) is 0 Å². The second kappa shape index (κ2) is 2.80. The van der Waals surface area contributed by atoms with Gasteiger partial charge < -0.3 is 0 Å². The maximum absolute atomic E-state index is 12.6. The number of nitrogens with one attached hydrogen (secondary N) is 1. The largest absolute Gasteiger partial charge is 0.238 e. The quantitative estimate of drug-likeness (QED) is 0.770. The van der Waals surface area contributed by atoms with Gasteiger partial charge in [0.05, 0.1) is 9.90 Å². The van der Waals surface area contributed by atoms with Crippen molar-refractivity contribution in [2.75, 3.05) is 0 Å². The Balaban J connectivity index is 2.54. The lowest BCUT2D eigenvalue weighted by Gasteiger charge is -1.86. The zero-order valence-corrected chi connectivity index (χ0v) is 7.16. The van der Waals surface area contributed by atoms with Gasteiger partial charge in [-0.2, -0.15) is 4.39 Å². The number of tetrazole rings is 1. The summed E-state index contributed by atoms with van der Waals surface area (Å²) in [5, 5.41) is 12.8. The molecule has 0 saturated carbocycles. The van der Waals surface area contributed by atoms with Crippen LogP contribution in [-0.2, 0) is 0 Å². The van der Waals surface area contributed by atoms with Gasteiger partial charge in [0, 0.05) is 6.07 Å². The molecule has 0 bridgehead atoms. The van der Waals surface area contributed by atoms with Crippen LogP contribution in [0.15, 0.2) is 6.07 Å². The molecule has 7 heteroatoms. The summed E-state index contributed by atoms with van der Waals surface area (Å²) in [5.74, 6) is 0.383. The first-order valence-corrected chi connectivity index (χ1v) is 4.16. The van der Waals surface area contributed by atoms with E-state index in [0.29, 0.717) is 15.7 Å². The third-order valence-corrected chi connectivity index (χ3v) is 2.56. The van der Waals surface area contributed by atoms with Gasteiger partial charge in [0.15, 0.2) is 11.0 Å². The summed E-state index contributed by atoms with van der Waals surface area (Å²) in [6.07, 6.45) is 0. The van der Waals surface area contributed by atoms with Gasteiger partial charge in [0.1, 0.15) is 0 Å². The molecule has 0 aliphatic rings. The maximum atomic E-state index is 12.6. The van der Waals surface area contributed by atoms with E-state index in [2.05, 4.69) is 20.6 Å². The molecule has 0 radical (unpaired) electrons. The Morgan fingerprint density at radius 3 is 2.92 bits per heavy atom. The molecule has 62 valence electrons. The molecule has 0 unspecified atom stereocenters. The number of hydrogen-bond acceptors (Lipinski definition) is 4. The van der Waals surface area contributed by atoms with E-state index in [-0.39, 0.29) is 5.13 Å². The molecule has 2 aromatic heterocycles. The van der Waals surface area contributed by atoms with Crippen LogP contribution in [0.25, 0.3) is 10.7 Å². The molecule has 0 atom stereocenters. The molecular weight excluding hydrogens is 203 g/mol. The lowest BCUT2D eigenvalue weighted by atomic mass is 10.4. The van der Waals surface area contributed by atoms with Crippen molar-refractivity contribution in [3.63, 3.8) is 0 Å². The van der Waals surface area contributed by atoms with E-state index >= 15 is 0 Å². The average molecular weight is 205 g/mol. The van der Waals surface area contributed by atoms with Gasteiger partial charge >= 0.3 is 0 Å². The minimum absolute atomic E-state index is 0.316. The van der Waals surface area contributed by atoms with Crippen molar-refractivity contribution >= 4 is 22.9 Å². The molecule has 12 heavy (non-hydrogen) atoms. The number of nitrogens with zero attached hydrogens (tertiary/aromatic N) is 3. The zero-order valence-electron chi connectivity index (χ0n) is 5.58. The third kappa shape index (κ3) is 1.19. The van der Waals surface area contributed by atoms with E-state index < -0.39 is 0 Å². The van der Waals surface area contributed by atoms with Gasteiger partial charge in [-0.05, 0) is 10.4 Å². The predicted octanol–water partition coefficient (Wildman–Crippen LogP) is 1.72. The number of H-pyrrole nitrogens is 1. The van der Waals surface area contributed by atoms with Crippen LogP contribution in [0, 0.1) is 5.13 Å². The lowest BCUT2D eigenvalue weighted by molar-refractivity contribution is 0.657. The molecule has 0 aliphatic carbocycles. The first-order valence-electron chi connectivity index (χ1n) is 2.96. The SMILES string of the molecule is Fc1cc(Cl)c(-c2nnn[nH]2)s1. The average Bonchev–Trinajstić information content (AvgIpc) is 2.58. The predicted molar refractivity (Wildman–Crippen MR) is 42.5 cm³/mol. The number of aromatic nitrogens is 4. The van der Waals surface area contributed by atoms with E-state index in [1.54, 1.807) is 0 Å². The van der Waals surface area contributed by atoms with Gasteiger partial charge in [0.25, 0.3) is 0 Å². The van der Waals surface area contributed by atoms with E-state index in [4.69, 9.17) is 11.6 Å². The van der Waals surface area contributed by atoms with Gasteiger partial charge in [-0.15, -0.1) is 16.4 Å². The first kappa shape index (κ1) is 7.63. The third-order valence-electron chi connectivity index (χ3n) is 1.22. The van der Waals surface area contributed by atoms with Gasteiger partial charge in [-0.1, -0.05) is 11.6 Å². The molecule has 1 N–H and O–H groups in total. The Bertz CT molecular complexity index is 384. The topological polar surface area (TPSA) is 54.5 Å². The summed E-state index contributed by atoms with van der Waals surface area (Å²) in [6.45, 7) is 0. The highest BCUT2D eigenvalue weighted by molar-refractivity contribution is 7.14. The van der Waals surface area contributed by atoms with Crippen LogP contribution < -0.4 is 0 Å². The van der Waals surface area contributed by atoms with Crippen molar-refractivity contribution in [1.82, 2.24) is 20.6 Å². The number of aromatic amines is 1. The van der Waals surface area contributed by atoms with Crippen molar-refractivity contribution in [3.05, 3.63) is 16.2 Å². The Hall–Kier alpha value is -1.01. The standard InChI is InChI=1S/C5H2ClFN4S/c6-2-1-3(7)12-4(2)5-8-10-11-9-5/h1H,(H,8,9,10,11). The number of thiophene rings is 1. The van der Waals surface area contributed by atoms with E-state index in [1.165, 1.54) is 6.07 Å². The summed E-state index contributed by atoms with van der Waals surface area (Å²) in [7, 11) is 0. The number of rotatable bonds is 1. The molecule has 2 aromatic rings. The highest BCUT2D eigenvalue weighted by Gasteiger charge is 2.11. The van der Waals surface area contributed by atoms with Crippen molar-refractivity contribution in [2.45, 2.75) is 0 Å². The highest BCUT2D eigenvalue weighted by atomic mass is 35.5. The number of halogens is 2. The van der Waals surface area contributed by atoms with E-state index in [9.17, 15) is 4.39 Å². The lowest BCUT2D eigenvalue weighted by Crippen LogP contribution is -1.75. The molecule has 2 rings (SSSR count). The fraction of sp³-hybridized carbons (Fsp3) is 0. The first-order chi connectivity index (χ1) is 5.77. The summed E-state index contributed by atoms with van der Waals surface area (Å²) in [5.41, 5.74) is 0. The summed E-state index contributed by atoms with van der Waals surface area (Å²) < 4.78 is 12.6. The Morgan fingerprint density at radius 1 is 1.58 bits per heavy atom. The molecule has 0 fully saturated rings. The molecule has 4 nitrogen and oxygen atoms in total. The molecular formula is C5H2ClFN4S. The van der Waals surface area contributed by atoms with Crippen LogP contribution in [0.1, 0.15) is 0 Å². The van der Waals surface area contributed by atoms with Gasteiger partial charge in [0.2, 0.25) is 0 Å². The van der Waals surface area contributed by atoms with Crippen LogP contribution >= 0.6 is 22.9 Å². The zero-order chi connectivity index (χ0) is 8.55. The summed E-state index contributed by atoms with van der Waals surface area (Å²) in [6, 6.07) is 1.23. The Labute approximate surface area is 75.4 Å². The van der Waals surface area contributed by atoms with Gasteiger partial charge in [-0.3, -0.25) is 0 Å². The smallest absolute Gasteiger partial charge is 0.191 e. The van der Waals surface area contributed by atoms with Crippen LogP contribution in [-0.4, -0.2) is 20.6 Å². The van der Waals surface area contributed by atoms with Crippen LogP contribution in [0.4, 0.5) is 4.39 Å². The van der Waals surface area contributed by atoms with Crippen molar-refractivity contribution in [1.29, 1.82) is 0 Å². The maximum Gasteiger partial charge on any atom is 0.191 e. The van der Waals surface area contributed by atoms with Gasteiger partial charge in [-0.25, -0.2) is 5.10 Å².